The molecule has 7 nitrogen and oxygen atoms in total. The maximum atomic E-state index is 12.8. The zero-order valence-electron chi connectivity index (χ0n) is 16.9. The van der Waals surface area contributed by atoms with Gasteiger partial charge in [0.15, 0.2) is 11.5 Å². The zero-order chi connectivity index (χ0) is 21.7. The van der Waals surface area contributed by atoms with Crippen LogP contribution in [0, 0.1) is 5.92 Å². The van der Waals surface area contributed by atoms with Crippen molar-refractivity contribution < 1.29 is 22.7 Å². The molecular weight excluding hydrogens is 492 g/mol. The molecule has 1 atom stereocenters. The Balaban J connectivity index is 1.55. The van der Waals surface area contributed by atoms with Gasteiger partial charge in [0.1, 0.15) is 4.21 Å². The maximum Gasteiger partial charge on any atom is 0.252 e. The fourth-order valence-electron chi connectivity index (χ4n) is 3.45. The molecule has 1 aliphatic heterocycles. The van der Waals surface area contributed by atoms with Crippen LogP contribution in [0.3, 0.4) is 0 Å². The van der Waals surface area contributed by atoms with Gasteiger partial charge in [0.25, 0.3) is 10.0 Å². The molecule has 164 valence electrons. The van der Waals surface area contributed by atoms with Crippen molar-refractivity contribution in [1.29, 1.82) is 0 Å². The van der Waals surface area contributed by atoms with Gasteiger partial charge in [-0.3, -0.25) is 4.79 Å². The number of carbonyl (C=O) groups is 1. The second-order valence-electron chi connectivity index (χ2n) is 6.99. The Labute approximate surface area is 189 Å². The third-order valence-electron chi connectivity index (χ3n) is 5.06. The molecule has 10 heteroatoms. The minimum Gasteiger partial charge on any atom is -0.493 e. The van der Waals surface area contributed by atoms with Crippen molar-refractivity contribution in [3.05, 3.63) is 39.7 Å². The summed E-state index contributed by atoms with van der Waals surface area (Å²) in [6.07, 6.45) is 1.99. The van der Waals surface area contributed by atoms with Gasteiger partial charge in [-0.1, -0.05) is 6.07 Å². The van der Waals surface area contributed by atoms with Gasteiger partial charge in [-0.05, 0) is 65.0 Å². The molecule has 0 bridgehead atoms. The van der Waals surface area contributed by atoms with E-state index in [1.54, 1.807) is 26.4 Å². The third-order valence-corrected chi connectivity index (χ3v) is 9.01. The van der Waals surface area contributed by atoms with Crippen molar-refractivity contribution in [3.8, 4) is 11.5 Å². The lowest BCUT2D eigenvalue weighted by atomic mass is 9.99. The number of nitrogens with zero attached hydrogens (tertiary/aromatic N) is 1. The maximum absolute atomic E-state index is 12.8. The molecule has 30 heavy (non-hydrogen) atoms. The van der Waals surface area contributed by atoms with Crippen LogP contribution in [0.25, 0.3) is 0 Å². The number of carbonyl (C=O) groups excluding carboxylic acids is 1. The van der Waals surface area contributed by atoms with Crippen molar-refractivity contribution in [3.63, 3.8) is 0 Å². The van der Waals surface area contributed by atoms with Crippen molar-refractivity contribution >= 4 is 43.2 Å². The summed E-state index contributed by atoms with van der Waals surface area (Å²) in [5.41, 5.74) is 1.02. The lowest BCUT2D eigenvalue weighted by Crippen LogP contribution is -2.45. The molecule has 0 saturated carbocycles. The first-order valence-electron chi connectivity index (χ1n) is 9.59. The first-order chi connectivity index (χ1) is 14.3. The number of sulfonamides is 1. The molecule has 0 spiro atoms. The van der Waals surface area contributed by atoms with E-state index in [2.05, 4.69) is 21.2 Å². The summed E-state index contributed by atoms with van der Waals surface area (Å²) in [6, 6.07) is 8.97. The van der Waals surface area contributed by atoms with Gasteiger partial charge < -0.3 is 14.8 Å². The van der Waals surface area contributed by atoms with E-state index < -0.39 is 10.0 Å². The van der Waals surface area contributed by atoms with E-state index in [-0.39, 0.29) is 18.4 Å². The second kappa shape index (κ2) is 10.1. The number of piperidine rings is 1. The summed E-state index contributed by atoms with van der Waals surface area (Å²) in [5, 5.41) is 2.95. The average Bonchev–Trinajstić information content (AvgIpc) is 3.20. The van der Waals surface area contributed by atoms with Crippen LogP contribution in [0.1, 0.15) is 18.4 Å². The van der Waals surface area contributed by atoms with Gasteiger partial charge in [-0.2, -0.15) is 4.31 Å². The Kier molecular flexibility index (Phi) is 7.78. The molecule has 1 fully saturated rings. The molecule has 1 aliphatic rings. The summed E-state index contributed by atoms with van der Waals surface area (Å²) in [4.78, 5) is 12.6. The first kappa shape index (κ1) is 23.1. The molecule has 3 rings (SSSR count). The van der Waals surface area contributed by atoms with Gasteiger partial charge >= 0.3 is 0 Å². The first-order valence-corrected chi connectivity index (χ1v) is 12.6. The summed E-state index contributed by atoms with van der Waals surface area (Å²) in [7, 11) is -0.399. The lowest BCUT2D eigenvalue weighted by molar-refractivity contribution is -0.126. The number of thiophene rings is 1. The van der Waals surface area contributed by atoms with Gasteiger partial charge in [0.05, 0.1) is 23.9 Å². The third kappa shape index (κ3) is 5.35. The van der Waals surface area contributed by atoms with E-state index in [9.17, 15) is 13.2 Å². The van der Waals surface area contributed by atoms with E-state index in [4.69, 9.17) is 9.47 Å². The Morgan fingerprint density at radius 3 is 2.67 bits per heavy atom. The molecule has 1 aromatic heterocycles. The number of hydrogen-bond donors (Lipinski definition) is 1. The molecule has 1 aromatic carbocycles. The fraction of sp³-hybridized carbons (Fsp3) is 0.450. The zero-order valence-corrected chi connectivity index (χ0v) is 20.1. The molecule has 0 aliphatic carbocycles. The Morgan fingerprint density at radius 2 is 2.00 bits per heavy atom. The van der Waals surface area contributed by atoms with Crippen LogP contribution < -0.4 is 14.8 Å². The predicted molar refractivity (Wildman–Crippen MR) is 120 cm³/mol. The molecule has 0 radical (unpaired) electrons. The lowest BCUT2D eigenvalue weighted by Gasteiger charge is -2.30. The topological polar surface area (TPSA) is 84.9 Å². The molecule has 1 N–H and O–H groups in total. The van der Waals surface area contributed by atoms with E-state index >= 15 is 0 Å². The van der Waals surface area contributed by atoms with E-state index in [0.717, 1.165) is 9.35 Å². The van der Waals surface area contributed by atoms with Crippen LogP contribution >= 0.6 is 27.3 Å². The highest BCUT2D eigenvalue weighted by molar-refractivity contribution is 9.11. The van der Waals surface area contributed by atoms with Gasteiger partial charge in [0.2, 0.25) is 5.91 Å². The van der Waals surface area contributed by atoms with E-state index in [0.29, 0.717) is 48.1 Å². The number of rotatable bonds is 8. The summed E-state index contributed by atoms with van der Waals surface area (Å²) < 4.78 is 38.7. The summed E-state index contributed by atoms with van der Waals surface area (Å²) in [6.45, 7) is 1.11. The quantitative estimate of drug-likeness (QED) is 0.581. The van der Waals surface area contributed by atoms with E-state index in [1.807, 2.05) is 18.2 Å². The minimum atomic E-state index is -3.57. The number of halogens is 1. The van der Waals surface area contributed by atoms with Gasteiger partial charge in [-0.15, -0.1) is 11.3 Å². The molecule has 2 aromatic rings. The fourth-order valence-corrected chi connectivity index (χ4v) is 7.14. The van der Waals surface area contributed by atoms with Crippen molar-refractivity contribution in [2.75, 3.05) is 33.9 Å². The van der Waals surface area contributed by atoms with Crippen molar-refractivity contribution in [1.82, 2.24) is 9.62 Å². The number of nitrogens with one attached hydrogen (secondary N) is 1. The largest absolute Gasteiger partial charge is 0.493 e. The second-order valence-corrected chi connectivity index (χ2v) is 11.6. The summed E-state index contributed by atoms with van der Waals surface area (Å²) in [5.74, 6) is 0.853. The van der Waals surface area contributed by atoms with Crippen LogP contribution in [-0.2, 0) is 21.2 Å². The Bertz CT molecular complexity index is 993. The molecule has 1 amide bonds. The molecule has 0 unspecified atom stereocenters. The van der Waals surface area contributed by atoms with Crippen molar-refractivity contribution in [2.24, 2.45) is 5.92 Å². The Morgan fingerprint density at radius 1 is 1.23 bits per heavy atom. The van der Waals surface area contributed by atoms with Crippen molar-refractivity contribution in [2.45, 2.75) is 23.5 Å². The summed E-state index contributed by atoms with van der Waals surface area (Å²) >= 11 is 4.49. The standard InChI is InChI=1S/C20H25BrN2O5S2/c1-27-16-6-5-14(12-17(16)28-2)9-10-22-20(24)15-4-3-11-23(13-15)30(25,26)19-8-7-18(21)29-19/h5-8,12,15H,3-4,9-11,13H2,1-2H3,(H,22,24)/t15-/m1/s1. The van der Waals surface area contributed by atoms with Crippen LogP contribution in [0.4, 0.5) is 0 Å². The highest BCUT2D eigenvalue weighted by Crippen LogP contribution is 2.31. The highest BCUT2D eigenvalue weighted by Gasteiger charge is 2.33. The van der Waals surface area contributed by atoms with Crippen LogP contribution in [0.2, 0.25) is 0 Å². The van der Waals surface area contributed by atoms with Gasteiger partial charge in [-0.25, -0.2) is 8.42 Å². The van der Waals surface area contributed by atoms with Crippen LogP contribution in [-0.4, -0.2) is 52.5 Å². The number of methoxy groups -OCH3 is 2. The Hall–Kier alpha value is -1.62. The number of ether oxygens (including phenoxy) is 2. The van der Waals surface area contributed by atoms with E-state index in [1.165, 1.54) is 15.6 Å². The van der Waals surface area contributed by atoms with Crippen LogP contribution in [0.15, 0.2) is 38.3 Å². The highest BCUT2D eigenvalue weighted by atomic mass is 79.9. The van der Waals surface area contributed by atoms with Crippen LogP contribution in [0.5, 0.6) is 11.5 Å². The molecular formula is C20H25BrN2O5S2. The predicted octanol–water partition coefficient (Wildman–Crippen LogP) is 3.29. The minimum absolute atomic E-state index is 0.109. The smallest absolute Gasteiger partial charge is 0.252 e. The number of amides is 1. The van der Waals surface area contributed by atoms with Gasteiger partial charge in [0, 0.05) is 19.6 Å². The monoisotopic (exact) mass is 516 g/mol. The normalized spacial score (nSPS) is 17.5. The average molecular weight is 517 g/mol. The molecule has 1 saturated heterocycles. The molecule has 2 heterocycles. The number of hydrogen-bond acceptors (Lipinski definition) is 6. The SMILES string of the molecule is COc1ccc(CCNC(=O)[C@@H]2CCCN(S(=O)(=O)c3ccc(Br)s3)C2)cc1OC. The number of benzene rings is 1.